The third kappa shape index (κ3) is 4.40. The Morgan fingerprint density at radius 1 is 1.35 bits per heavy atom. The molecule has 0 amide bonds. The van der Waals surface area contributed by atoms with Crippen molar-refractivity contribution < 1.29 is 8.42 Å². The van der Waals surface area contributed by atoms with Crippen molar-refractivity contribution in [3.05, 3.63) is 29.8 Å². The number of rotatable bonds is 5. The number of anilines is 1. The van der Waals surface area contributed by atoms with Crippen molar-refractivity contribution in [2.45, 2.75) is 42.7 Å². The summed E-state index contributed by atoms with van der Waals surface area (Å²) in [6, 6.07) is 7.11. The summed E-state index contributed by atoms with van der Waals surface area (Å²) in [6.45, 7) is 0. The number of nitrogen functional groups attached to an aromatic ring is 1. The molecule has 1 aromatic carbocycles. The smallest absolute Gasteiger partial charge is 0.216 e. The maximum Gasteiger partial charge on any atom is 0.216 e. The average Bonchev–Trinajstić information content (AvgIpc) is 2.38. The zero-order valence-electron chi connectivity index (χ0n) is 11.7. The van der Waals surface area contributed by atoms with Gasteiger partial charge in [0, 0.05) is 17.0 Å². The zero-order chi connectivity index (χ0) is 14.6. The predicted octanol–water partition coefficient (Wildman–Crippen LogP) is 2.36. The molecule has 0 spiro atoms. The van der Waals surface area contributed by atoms with Crippen LogP contribution in [-0.4, -0.2) is 26.0 Å². The van der Waals surface area contributed by atoms with E-state index in [1.54, 1.807) is 36.0 Å². The molecule has 1 aromatic rings. The summed E-state index contributed by atoms with van der Waals surface area (Å²) in [5.74, 6) is -0.00432. The van der Waals surface area contributed by atoms with Gasteiger partial charge in [0.15, 0.2) is 0 Å². The van der Waals surface area contributed by atoms with Gasteiger partial charge in [0.1, 0.15) is 0 Å². The Bertz CT molecular complexity index is 546. The molecule has 1 aliphatic carbocycles. The van der Waals surface area contributed by atoms with E-state index in [0.29, 0.717) is 10.9 Å². The molecular formula is C14H22N2O2S2. The van der Waals surface area contributed by atoms with Gasteiger partial charge in [-0.05, 0) is 36.8 Å². The van der Waals surface area contributed by atoms with Gasteiger partial charge in [0.05, 0.1) is 5.75 Å². The Morgan fingerprint density at radius 2 is 2.10 bits per heavy atom. The molecule has 0 saturated heterocycles. The van der Waals surface area contributed by atoms with E-state index in [2.05, 4.69) is 11.0 Å². The van der Waals surface area contributed by atoms with Crippen LogP contribution in [0.1, 0.15) is 31.2 Å². The molecule has 0 aliphatic heterocycles. The van der Waals surface area contributed by atoms with Gasteiger partial charge in [-0.2, -0.15) is 11.8 Å². The van der Waals surface area contributed by atoms with Crippen molar-refractivity contribution in [2.75, 3.05) is 12.0 Å². The van der Waals surface area contributed by atoms with Crippen molar-refractivity contribution in [3.63, 3.8) is 0 Å². The Hall–Kier alpha value is -0.720. The molecule has 1 saturated carbocycles. The number of sulfonamides is 1. The van der Waals surface area contributed by atoms with Crippen LogP contribution in [0.2, 0.25) is 0 Å². The SMILES string of the molecule is CSC1CCCCC1NS(=O)(=O)Cc1cccc(N)c1. The molecule has 4 nitrogen and oxygen atoms in total. The van der Waals surface area contributed by atoms with Gasteiger partial charge in [-0.1, -0.05) is 25.0 Å². The second-order valence-corrected chi connectivity index (χ2v) is 8.12. The monoisotopic (exact) mass is 314 g/mol. The highest BCUT2D eigenvalue weighted by molar-refractivity contribution is 7.99. The molecule has 2 atom stereocenters. The first-order valence-electron chi connectivity index (χ1n) is 6.87. The lowest BCUT2D eigenvalue weighted by atomic mass is 9.96. The zero-order valence-corrected chi connectivity index (χ0v) is 13.3. The van der Waals surface area contributed by atoms with Gasteiger partial charge < -0.3 is 5.73 Å². The van der Waals surface area contributed by atoms with E-state index < -0.39 is 10.0 Å². The highest BCUT2D eigenvalue weighted by Gasteiger charge is 2.28. The fourth-order valence-electron chi connectivity index (χ4n) is 2.69. The van der Waals surface area contributed by atoms with Crippen LogP contribution in [-0.2, 0) is 15.8 Å². The van der Waals surface area contributed by atoms with E-state index in [1.165, 1.54) is 6.42 Å². The highest BCUT2D eigenvalue weighted by atomic mass is 32.2. The molecule has 0 aromatic heterocycles. The molecule has 0 radical (unpaired) electrons. The maximum absolute atomic E-state index is 12.3. The number of nitrogens with one attached hydrogen (secondary N) is 1. The first kappa shape index (κ1) is 15.7. The number of benzene rings is 1. The van der Waals surface area contributed by atoms with E-state index in [1.807, 2.05) is 0 Å². The second-order valence-electron chi connectivity index (χ2n) is 5.29. The largest absolute Gasteiger partial charge is 0.399 e. The quantitative estimate of drug-likeness (QED) is 0.818. The van der Waals surface area contributed by atoms with E-state index >= 15 is 0 Å². The van der Waals surface area contributed by atoms with Crippen LogP contribution in [0, 0.1) is 0 Å². The summed E-state index contributed by atoms with van der Waals surface area (Å²) in [5.41, 5.74) is 7.01. The van der Waals surface area contributed by atoms with Crippen LogP contribution in [0.15, 0.2) is 24.3 Å². The first-order valence-corrected chi connectivity index (χ1v) is 9.81. The highest BCUT2D eigenvalue weighted by Crippen LogP contribution is 2.27. The Kier molecular flexibility index (Phi) is 5.35. The van der Waals surface area contributed by atoms with E-state index in [-0.39, 0.29) is 11.8 Å². The van der Waals surface area contributed by atoms with Crippen molar-refractivity contribution in [1.82, 2.24) is 4.72 Å². The van der Waals surface area contributed by atoms with Crippen molar-refractivity contribution in [2.24, 2.45) is 0 Å². The lowest BCUT2D eigenvalue weighted by molar-refractivity contribution is 0.423. The Labute approximate surface area is 125 Å². The fraction of sp³-hybridized carbons (Fsp3) is 0.571. The molecule has 0 heterocycles. The predicted molar refractivity (Wildman–Crippen MR) is 86.2 cm³/mol. The van der Waals surface area contributed by atoms with Gasteiger partial charge in [-0.15, -0.1) is 0 Å². The third-order valence-corrected chi connectivity index (χ3v) is 6.19. The van der Waals surface area contributed by atoms with Crippen LogP contribution in [0.5, 0.6) is 0 Å². The molecule has 1 aliphatic rings. The van der Waals surface area contributed by atoms with Crippen LogP contribution >= 0.6 is 11.8 Å². The summed E-state index contributed by atoms with van der Waals surface area (Å²) in [7, 11) is -3.31. The van der Waals surface area contributed by atoms with E-state index in [9.17, 15) is 8.42 Å². The van der Waals surface area contributed by atoms with E-state index in [4.69, 9.17) is 5.73 Å². The van der Waals surface area contributed by atoms with Gasteiger partial charge in [-0.25, -0.2) is 13.1 Å². The number of nitrogens with two attached hydrogens (primary N) is 1. The summed E-state index contributed by atoms with van der Waals surface area (Å²) in [6.07, 6.45) is 6.37. The Balaban J connectivity index is 2.03. The molecule has 0 bridgehead atoms. The minimum atomic E-state index is -3.31. The minimum Gasteiger partial charge on any atom is -0.399 e. The Morgan fingerprint density at radius 3 is 2.80 bits per heavy atom. The van der Waals surface area contributed by atoms with Crippen LogP contribution in [0.3, 0.4) is 0 Å². The lowest BCUT2D eigenvalue weighted by Crippen LogP contribution is -2.44. The topological polar surface area (TPSA) is 72.2 Å². The number of hydrogen-bond donors (Lipinski definition) is 2. The normalized spacial score (nSPS) is 23.6. The second kappa shape index (κ2) is 6.83. The number of thioether (sulfide) groups is 1. The summed E-state index contributed by atoms with van der Waals surface area (Å²) >= 11 is 1.76. The molecule has 112 valence electrons. The lowest BCUT2D eigenvalue weighted by Gasteiger charge is -2.30. The van der Waals surface area contributed by atoms with Crippen molar-refractivity contribution in [3.8, 4) is 0 Å². The van der Waals surface area contributed by atoms with Gasteiger partial charge in [0.2, 0.25) is 10.0 Å². The molecule has 2 rings (SSSR count). The average molecular weight is 314 g/mol. The summed E-state index contributed by atoms with van der Waals surface area (Å²) < 4.78 is 27.4. The molecule has 3 N–H and O–H groups in total. The fourth-order valence-corrected chi connectivity index (χ4v) is 5.15. The van der Waals surface area contributed by atoms with Gasteiger partial charge in [0.25, 0.3) is 0 Å². The van der Waals surface area contributed by atoms with Crippen molar-refractivity contribution in [1.29, 1.82) is 0 Å². The standard InChI is InChI=1S/C14H22N2O2S2/c1-19-14-8-3-2-7-13(14)16-20(17,18)10-11-5-4-6-12(15)9-11/h4-6,9,13-14,16H,2-3,7-8,10,15H2,1H3. The maximum atomic E-state index is 12.3. The summed E-state index contributed by atoms with van der Waals surface area (Å²) in [4.78, 5) is 0. The first-order chi connectivity index (χ1) is 9.50. The third-order valence-electron chi connectivity index (χ3n) is 3.64. The van der Waals surface area contributed by atoms with E-state index in [0.717, 1.165) is 24.8 Å². The molecule has 6 heteroatoms. The van der Waals surface area contributed by atoms with Crippen LogP contribution < -0.4 is 10.5 Å². The molecule has 2 unspecified atom stereocenters. The minimum absolute atomic E-state index is 0.00432. The molecule has 20 heavy (non-hydrogen) atoms. The van der Waals surface area contributed by atoms with Crippen LogP contribution in [0.4, 0.5) is 5.69 Å². The van der Waals surface area contributed by atoms with Gasteiger partial charge >= 0.3 is 0 Å². The molecule has 1 fully saturated rings. The van der Waals surface area contributed by atoms with Crippen LogP contribution in [0.25, 0.3) is 0 Å². The van der Waals surface area contributed by atoms with Gasteiger partial charge in [-0.3, -0.25) is 0 Å². The summed E-state index contributed by atoms with van der Waals surface area (Å²) in [5, 5.41) is 0.388. The number of hydrogen-bond acceptors (Lipinski definition) is 4. The van der Waals surface area contributed by atoms with Crippen molar-refractivity contribution >= 4 is 27.5 Å². The molecular weight excluding hydrogens is 292 g/mol.